The summed E-state index contributed by atoms with van der Waals surface area (Å²) in [5.41, 5.74) is 4.01. The van der Waals surface area contributed by atoms with Gasteiger partial charge in [0.25, 0.3) is 0 Å². The van der Waals surface area contributed by atoms with Crippen LogP contribution in [0.3, 0.4) is 0 Å². The van der Waals surface area contributed by atoms with E-state index in [1.807, 2.05) is 19.2 Å². The molecule has 0 spiro atoms. The fraction of sp³-hybridized carbons (Fsp3) is 0.235. The number of carbonyl (C=O) groups excluding carboxylic acids is 1. The number of aromatic nitrogens is 2. The summed E-state index contributed by atoms with van der Waals surface area (Å²) in [6.07, 6.45) is 0.281. The molecule has 1 N–H and O–H groups in total. The molecule has 0 aliphatic rings. The average molecular weight is 343 g/mol. The van der Waals surface area contributed by atoms with E-state index in [2.05, 4.69) is 46.5 Å². The van der Waals surface area contributed by atoms with Crippen molar-refractivity contribution in [3.05, 3.63) is 50.8 Å². The fourth-order valence-electron chi connectivity index (χ4n) is 2.25. The van der Waals surface area contributed by atoms with Crippen LogP contribution in [0.25, 0.3) is 11.3 Å². The maximum atomic E-state index is 12.1. The molecule has 0 bridgehead atoms. The first-order chi connectivity index (χ1) is 11.0. The van der Waals surface area contributed by atoms with E-state index in [9.17, 15) is 4.79 Å². The van der Waals surface area contributed by atoms with Gasteiger partial charge in [-0.3, -0.25) is 4.79 Å². The highest BCUT2D eigenvalue weighted by Crippen LogP contribution is 2.30. The fourth-order valence-corrected chi connectivity index (χ4v) is 3.71. The summed E-state index contributed by atoms with van der Waals surface area (Å²) < 4.78 is 0. The molecule has 6 heteroatoms. The van der Waals surface area contributed by atoms with Crippen LogP contribution in [0.5, 0.6) is 0 Å². The summed E-state index contributed by atoms with van der Waals surface area (Å²) in [5, 5.41) is 6.40. The number of hydrogen-bond acceptors (Lipinski definition) is 5. The minimum absolute atomic E-state index is 0.0838. The zero-order valence-electron chi connectivity index (χ0n) is 13.2. The van der Waals surface area contributed by atoms with Gasteiger partial charge in [0.1, 0.15) is 0 Å². The number of amides is 1. The Balaban J connectivity index is 1.73. The number of aryl methyl sites for hydroxylation is 3. The van der Waals surface area contributed by atoms with Gasteiger partial charge in [0.15, 0.2) is 5.13 Å². The van der Waals surface area contributed by atoms with Crippen molar-refractivity contribution in [3.63, 3.8) is 0 Å². The molecule has 0 aliphatic carbocycles. The van der Waals surface area contributed by atoms with Crippen LogP contribution >= 0.6 is 22.7 Å². The van der Waals surface area contributed by atoms with E-state index in [1.165, 1.54) is 16.9 Å². The van der Waals surface area contributed by atoms with Gasteiger partial charge >= 0.3 is 0 Å². The molecule has 3 rings (SSSR count). The monoisotopic (exact) mass is 343 g/mol. The van der Waals surface area contributed by atoms with Crippen molar-refractivity contribution >= 4 is 33.7 Å². The van der Waals surface area contributed by atoms with Crippen LogP contribution in [0, 0.1) is 20.8 Å². The van der Waals surface area contributed by atoms with Gasteiger partial charge in [0.05, 0.1) is 22.8 Å². The van der Waals surface area contributed by atoms with Crippen molar-refractivity contribution in [1.29, 1.82) is 0 Å². The van der Waals surface area contributed by atoms with Gasteiger partial charge < -0.3 is 5.32 Å². The van der Waals surface area contributed by atoms with E-state index in [4.69, 9.17) is 0 Å². The van der Waals surface area contributed by atoms with Crippen LogP contribution in [0.4, 0.5) is 5.13 Å². The summed E-state index contributed by atoms with van der Waals surface area (Å²) in [6, 6.07) is 8.25. The number of rotatable bonds is 4. The number of thiazole rings is 2. The number of nitrogens with zero attached hydrogens (tertiary/aromatic N) is 2. The largest absolute Gasteiger partial charge is 0.302 e. The number of hydrogen-bond donors (Lipinski definition) is 1. The molecule has 2 heterocycles. The van der Waals surface area contributed by atoms with Gasteiger partial charge in [0.2, 0.25) is 5.91 Å². The van der Waals surface area contributed by atoms with Crippen molar-refractivity contribution in [2.24, 2.45) is 0 Å². The van der Waals surface area contributed by atoms with Crippen LogP contribution < -0.4 is 5.32 Å². The Hall–Kier alpha value is -2.05. The third kappa shape index (κ3) is 3.83. The molecular formula is C17H17N3OS2. The molecule has 0 saturated carbocycles. The Kier molecular flexibility index (Phi) is 4.54. The lowest BCUT2D eigenvalue weighted by atomic mass is 10.1. The number of anilines is 1. The van der Waals surface area contributed by atoms with Crippen LogP contribution in [0.2, 0.25) is 0 Å². The second-order valence-electron chi connectivity index (χ2n) is 5.37. The summed E-state index contributed by atoms with van der Waals surface area (Å²) in [7, 11) is 0. The Morgan fingerprint density at radius 3 is 2.52 bits per heavy atom. The highest BCUT2D eigenvalue weighted by atomic mass is 32.1. The smallest absolute Gasteiger partial charge is 0.232 e. The number of benzene rings is 1. The van der Waals surface area contributed by atoms with Crippen LogP contribution in [-0.2, 0) is 11.2 Å². The molecule has 4 nitrogen and oxygen atoms in total. The third-order valence-corrected chi connectivity index (χ3v) is 5.08. The molecule has 0 aliphatic heterocycles. The molecule has 0 fully saturated rings. The van der Waals surface area contributed by atoms with Crippen molar-refractivity contribution in [3.8, 4) is 11.3 Å². The van der Waals surface area contributed by atoms with Crippen LogP contribution in [-0.4, -0.2) is 15.9 Å². The molecule has 0 saturated heterocycles. The maximum absolute atomic E-state index is 12.1. The molecular weight excluding hydrogens is 326 g/mol. The topological polar surface area (TPSA) is 54.9 Å². The Labute approximate surface area is 143 Å². The highest BCUT2D eigenvalue weighted by Gasteiger charge is 2.13. The van der Waals surface area contributed by atoms with Gasteiger partial charge in [-0.2, -0.15) is 0 Å². The van der Waals surface area contributed by atoms with E-state index >= 15 is 0 Å². The minimum atomic E-state index is -0.0838. The normalized spacial score (nSPS) is 10.7. The molecule has 0 unspecified atom stereocenters. The van der Waals surface area contributed by atoms with Crippen molar-refractivity contribution in [2.45, 2.75) is 27.2 Å². The molecule has 1 amide bonds. The van der Waals surface area contributed by atoms with E-state index in [-0.39, 0.29) is 12.3 Å². The summed E-state index contributed by atoms with van der Waals surface area (Å²) in [6.45, 7) is 6.01. The lowest BCUT2D eigenvalue weighted by molar-refractivity contribution is -0.115. The first kappa shape index (κ1) is 15.8. The zero-order chi connectivity index (χ0) is 16.4. The van der Waals surface area contributed by atoms with Gasteiger partial charge in [-0.15, -0.1) is 22.7 Å². The molecule has 3 aromatic rings. The second kappa shape index (κ2) is 6.60. The quantitative estimate of drug-likeness (QED) is 0.765. The second-order valence-corrected chi connectivity index (χ2v) is 7.64. The number of nitrogens with one attached hydrogen (secondary N) is 1. The lowest BCUT2D eigenvalue weighted by Gasteiger charge is -2.00. The summed E-state index contributed by atoms with van der Waals surface area (Å²) in [4.78, 5) is 22.1. The highest BCUT2D eigenvalue weighted by molar-refractivity contribution is 7.16. The number of carbonyl (C=O) groups is 1. The molecule has 118 valence electrons. The van der Waals surface area contributed by atoms with Crippen molar-refractivity contribution in [2.75, 3.05) is 5.32 Å². The van der Waals surface area contributed by atoms with Gasteiger partial charge in [0, 0.05) is 15.8 Å². The first-order valence-corrected chi connectivity index (χ1v) is 8.96. The van der Waals surface area contributed by atoms with Crippen LogP contribution in [0.15, 0.2) is 29.6 Å². The minimum Gasteiger partial charge on any atom is -0.302 e. The predicted octanol–water partition coefficient (Wildman–Crippen LogP) is 4.37. The standard InChI is InChI=1S/C17H17N3OS2/c1-10-4-6-13(7-5-10)16-11(2)23-17(20-16)19-15(21)8-14-9-22-12(3)18-14/h4-7,9H,8H2,1-3H3,(H,19,20,21). The van der Waals surface area contributed by atoms with Crippen molar-refractivity contribution in [1.82, 2.24) is 9.97 Å². The SMILES string of the molecule is Cc1ccc(-c2nc(NC(=O)Cc3csc(C)n3)sc2C)cc1. The Morgan fingerprint density at radius 2 is 1.87 bits per heavy atom. The summed E-state index contributed by atoms with van der Waals surface area (Å²) in [5.74, 6) is -0.0838. The molecule has 0 radical (unpaired) electrons. The van der Waals surface area contributed by atoms with Crippen LogP contribution in [0.1, 0.15) is 21.1 Å². The predicted molar refractivity (Wildman–Crippen MR) is 96.2 cm³/mol. The van der Waals surface area contributed by atoms with Gasteiger partial charge in [-0.25, -0.2) is 9.97 Å². The lowest BCUT2D eigenvalue weighted by Crippen LogP contribution is -2.14. The molecule has 2 aromatic heterocycles. The molecule has 23 heavy (non-hydrogen) atoms. The third-order valence-electron chi connectivity index (χ3n) is 3.38. The van der Waals surface area contributed by atoms with E-state index < -0.39 is 0 Å². The molecule has 0 atom stereocenters. The van der Waals surface area contributed by atoms with E-state index in [0.29, 0.717) is 5.13 Å². The van der Waals surface area contributed by atoms with Gasteiger partial charge in [-0.1, -0.05) is 29.8 Å². The van der Waals surface area contributed by atoms with Gasteiger partial charge in [-0.05, 0) is 20.8 Å². The van der Waals surface area contributed by atoms with E-state index in [1.54, 1.807) is 11.3 Å². The maximum Gasteiger partial charge on any atom is 0.232 e. The Morgan fingerprint density at radius 1 is 1.13 bits per heavy atom. The first-order valence-electron chi connectivity index (χ1n) is 7.26. The molecule has 1 aromatic carbocycles. The summed E-state index contributed by atoms with van der Waals surface area (Å²) >= 11 is 3.05. The average Bonchev–Trinajstić information content (AvgIpc) is 3.06. The van der Waals surface area contributed by atoms with E-state index in [0.717, 1.165) is 26.8 Å². The Bertz CT molecular complexity index is 834. The zero-order valence-corrected chi connectivity index (χ0v) is 14.8. The van der Waals surface area contributed by atoms with Crippen molar-refractivity contribution < 1.29 is 4.79 Å².